The fraction of sp³-hybridized carbons (Fsp3) is 0.190. The first-order chi connectivity index (χ1) is 14.0. The highest BCUT2D eigenvalue weighted by Gasteiger charge is 2.23. The summed E-state index contributed by atoms with van der Waals surface area (Å²) in [6.07, 6.45) is 1.19. The van der Waals surface area contributed by atoms with Crippen LogP contribution in [-0.2, 0) is 11.3 Å². The lowest BCUT2D eigenvalue weighted by Crippen LogP contribution is -2.25. The summed E-state index contributed by atoms with van der Waals surface area (Å²) >= 11 is 6.05. The highest BCUT2D eigenvalue weighted by Crippen LogP contribution is 2.21. The minimum absolute atomic E-state index is 0.221. The average Bonchev–Trinajstić information content (AvgIpc) is 3.32. The van der Waals surface area contributed by atoms with Crippen molar-refractivity contribution in [2.24, 2.45) is 0 Å². The maximum atomic E-state index is 12.7. The first kappa shape index (κ1) is 19.0. The molecule has 1 saturated heterocycles. The Balaban J connectivity index is 1.46. The molecule has 0 radical (unpaired) electrons. The van der Waals surface area contributed by atoms with E-state index < -0.39 is 0 Å². The fourth-order valence-electron chi connectivity index (χ4n) is 3.24. The summed E-state index contributed by atoms with van der Waals surface area (Å²) in [6.45, 7) is 3.08. The number of cyclic esters (lactones) is 1. The molecule has 2 amide bonds. The Bertz CT molecular complexity index is 1080. The maximum absolute atomic E-state index is 12.7. The van der Waals surface area contributed by atoms with Crippen molar-refractivity contribution in [1.82, 2.24) is 15.1 Å². The molecule has 1 N–H and O–H groups in total. The molecule has 3 aromatic rings. The lowest BCUT2D eigenvalue weighted by atomic mass is 10.1. The van der Waals surface area contributed by atoms with Crippen LogP contribution in [0.15, 0.2) is 54.7 Å². The fourth-order valence-corrected chi connectivity index (χ4v) is 3.43. The standard InChI is InChI=1S/C21H19ClN4O3/c1-14-19(13-24-26(14)18-7-3-5-16(22)11-18)20(27)23-12-15-4-2-6-17(10-15)25-8-9-29-21(25)28/h2-7,10-11,13H,8-9,12H2,1H3,(H,23,27). The third-order valence-corrected chi connectivity index (χ3v) is 4.98. The number of nitrogens with one attached hydrogen (secondary N) is 1. The molecule has 7 nitrogen and oxygen atoms in total. The zero-order valence-electron chi connectivity index (χ0n) is 15.8. The van der Waals surface area contributed by atoms with Crippen LogP contribution in [0.4, 0.5) is 10.5 Å². The van der Waals surface area contributed by atoms with E-state index in [1.54, 1.807) is 27.9 Å². The van der Waals surface area contributed by atoms with Crippen LogP contribution in [0.2, 0.25) is 5.02 Å². The summed E-state index contributed by atoms with van der Waals surface area (Å²) in [5.41, 5.74) is 3.64. The molecule has 0 unspecified atom stereocenters. The van der Waals surface area contributed by atoms with Crippen LogP contribution in [0.1, 0.15) is 21.6 Å². The number of rotatable bonds is 5. The second-order valence-corrected chi connectivity index (χ2v) is 7.09. The molecule has 2 aromatic carbocycles. The number of carbonyl (C=O) groups is 2. The van der Waals surface area contributed by atoms with Crippen LogP contribution in [0.25, 0.3) is 5.69 Å². The van der Waals surface area contributed by atoms with Crippen molar-refractivity contribution in [3.8, 4) is 5.69 Å². The molecular formula is C21H19ClN4O3. The zero-order chi connectivity index (χ0) is 20.4. The van der Waals surface area contributed by atoms with Crippen molar-refractivity contribution < 1.29 is 14.3 Å². The summed E-state index contributed by atoms with van der Waals surface area (Å²) in [6, 6.07) is 14.8. The van der Waals surface area contributed by atoms with Gasteiger partial charge in [0.1, 0.15) is 6.61 Å². The van der Waals surface area contributed by atoms with Crippen molar-refractivity contribution >= 4 is 29.3 Å². The van der Waals surface area contributed by atoms with Gasteiger partial charge in [-0.25, -0.2) is 9.48 Å². The molecule has 2 heterocycles. The number of aromatic nitrogens is 2. The molecule has 1 fully saturated rings. The van der Waals surface area contributed by atoms with Crippen LogP contribution in [-0.4, -0.2) is 34.9 Å². The van der Waals surface area contributed by atoms with E-state index in [2.05, 4.69) is 10.4 Å². The number of benzene rings is 2. The van der Waals surface area contributed by atoms with Gasteiger partial charge in [0.2, 0.25) is 0 Å². The maximum Gasteiger partial charge on any atom is 0.414 e. The first-order valence-electron chi connectivity index (χ1n) is 9.15. The molecule has 4 rings (SSSR count). The van der Waals surface area contributed by atoms with Gasteiger partial charge in [0.05, 0.1) is 29.7 Å². The van der Waals surface area contributed by atoms with E-state index in [0.717, 1.165) is 22.6 Å². The Morgan fingerprint density at radius 3 is 2.76 bits per heavy atom. The number of ether oxygens (including phenoxy) is 1. The van der Waals surface area contributed by atoms with Gasteiger partial charge in [-0.2, -0.15) is 5.10 Å². The van der Waals surface area contributed by atoms with Gasteiger partial charge in [0.15, 0.2) is 0 Å². The zero-order valence-corrected chi connectivity index (χ0v) is 16.5. The number of anilines is 1. The van der Waals surface area contributed by atoms with Gasteiger partial charge in [-0.15, -0.1) is 0 Å². The molecule has 0 aliphatic carbocycles. The third-order valence-electron chi connectivity index (χ3n) is 4.74. The Hall–Kier alpha value is -3.32. The molecule has 29 heavy (non-hydrogen) atoms. The molecule has 0 bridgehead atoms. The van der Waals surface area contributed by atoms with Crippen LogP contribution >= 0.6 is 11.6 Å². The smallest absolute Gasteiger partial charge is 0.414 e. The minimum atomic E-state index is -0.352. The Morgan fingerprint density at radius 1 is 1.21 bits per heavy atom. The van der Waals surface area contributed by atoms with Gasteiger partial charge in [0.25, 0.3) is 5.91 Å². The van der Waals surface area contributed by atoms with E-state index in [-0.39, 0.29) is 12.0 Å². The van der Waals surface area contributed by atoms with Gasteiger partial charge in [0, 0.05) is 17.3 Å². The SMILES string of the molecule is Cc1c(C(=O)NCc2cccc(N3CCOC3=O)c2)cnn1-c1cccc(Cl)c1. The molecule has 1 aromatic heterocycles. The van der Waals surface area contributed by atoms with E-state index in [1.807, 2.05) is 43.3 Å². The number of carbonyl (C=O) groups excluding carboxylic acids is 2. The van der Waals surface area contributed by atoms with E-state index in [0.29, 0.717) is 30.3 Å². The first-order valence-corrected chi connectivity index (χ1v) is 9.53. The second kappa shape index (κ2) is 7.97. The van der Waals surface area contributed by atoms with E-state index >= 15 is 0 Å². The molecule has 1 aliphatic rings. The highest BCUT2D eigenvalue weighted by molar-refractivity contribution is 6.30. The Morgan fingerprint density at radius 2 is 2.00 bits per heavy atom. The van der Waals surface area contributed by atoms with Crippen LogP contribution in [0, 0.1) is 6.92 Å². The number of hydrogen-bond donors (Lipinski definition) is 1. The summed E-state index contributed by atoms with van der Waals surface area (Å²) < 4.78 is 6.66. The van der Waals surface area contributed by atoms with Crippen LogP contribution in [0.3, 0.4) is 0 Å². The number of hydrogen-bond acceptors (Lipinski definition) is 4. The molecule has 1 aliphatic heterocycles. The molecule has 148 valence electrons. The normalized spacial score (nSPS) is 13.4. The van der Waals surface area contributed by atoms with Crippen molar-refractivity contribution in [2.75, 3.05) is 18.1 Å². The van der Waals surface area contributed by atoms with Crippen molar-refractivity contribution in [3.63, 3.8) is 0 Å². The minimum Gasteiger partial charge on any atom is -0.447 e. The van der Waals surface area contributed by atoms with E-state index in [9.17, 15) is 9.59 Å². The number of halogens is 1. The summed E-state index contributed by atoms with van der Waals surface area (Å²) in [5.74, 6) is -0.221. The Labute approximate surface area is 172 Å². The van der Waals surface area contributed by atoms with Gasteiger partial charge in [-0.05, 0) is 42.8 Å². The highest BCUT2D eigenvalue weighted by atomic mass is 35.5. The van der Waals surface area contributed by atoms with Gasteiger partial charge < -0.3 is 10.1 Å². The number of nitrogens with zero attached hydrogens (tertiary/aromatic N) is 3. The summed E-state index contributed by atoms with van der Waals surface area (Å²) in [4.78, 5) is 26.0. The molecule has 0 atom stereocenters. The molecule has 8 heteroatoms. The van der Waals surface area contributed by atoms with Crippen molar-refractivity contribution in [1.29, 1.82) is 0 Å². The quantitative estimate of drug-likeness (QED) is 0.695. The average molecular weight is 411 g/mol. The lowest BCUT2D eigenvalue weighted by Gasteiger charge is -2.14. The third kappa shape index (κ3) is 3.95. The topological polar surface area (TPSA) is 76.5 Å². The number of amides is 2. The van der Waals surface area contributed by atoms with E-state index in [1.165, 1.54) is 0 Å². The van der Waals surface area contributed by atoms with Crippen LogP contribution in [0.5, 0.6) is 0 Å². The van der Waals surface area contributed by atoms with E-state index in [4.69, 9.17) is 16.3 Å². The van der Waals surface area contributed by atoms with Crippen molar-refractivity contribution in [2.45, 2.75) is 13.5 Å². The van der Waals surface area contributed by atoms with Gasteiger partial charge in [-0.1, -0.05) is 29.8 Å². The second-order valence-electron chi connectivity index (χ2n) is 6.65. The molecular weight excluding hydrogens is 392 g/mol. The molecule has 0 spiro atoms. The largest absolute Gasteiger partial charge is 0.447 e. The van der Waals surface area contributed by atoms with Gasteiger partial charge in [-0.3, -0.25) is 9.69 Å². The van der Waals surface area contributed by atoms with Crippen molar-refractivity contribution in [3.05, 3.63) is 76.6 Å². The lowest BCUT2D eigenvalue weighted by molar-refractivity contribution is 0.0950. The summed E-state index contributed by atoms with van der Waals surface area (Å²) in [7, 11) is 0. The van der Waals surface area contributed by atoms with Gasteiger partial charge >= 0.3 is 6.09 Å². The predicted molar refractivity (Wildman–Crippen MR) is 110 cm³/mol. The van der Waals surface area contributed by atoms with Crippen LogP contribution < -0.4 is 10.2 Å². The monoisotopic (exact) mass is 410 g/mol. The summed E-state index contributed by atoms with van der Waals surface area (Å²) in [5, 5.41) is 7.83. The molecule has 0 saturated carbocycles. The Kier molecular flexibility index (Phi) is 5.22. The predicted octanol–water partition coefficient (Wildman–Crippen LogP) is 3.72.